The Balaban J connectivity index is 1.84. The number of nitrogens with zero attached hydrogens (tertiary/aromatic N) is 1. The first-order valence-corrected chi connectivity index (χ1v) is 8.84. The minimum absolute atomic E-state index is 0.136. The van der Waals surface area contributed by atoms with E-state index in [0.717, 1.165) is 4.57 Å². The van der Waals surface area contributed by atoms with E-state index in [1.54, 1.807) is 24.3 Å². The van der Waals surface area contributed by atoms with Gasteiger partial charge in [-0.2, -0.15) is 0 Å². The number of benzene rings is 2. The molecule has 0 aliphatic carbocycles. The van der Waals surface area contributed by atoms with Crippen molar-refractivity contribution in [1.29, 1.82) is 0 Å². The molecule has 0 aliphatic heterocycles. The van der Waals surface area contributed by atoms with Crippen molar-refractivity contribution in [3.63, 3.8) is 0 Å². The Morgan fingerprint density at radius 2 is 1.69 bits per heavy atom. The number of hydrogen-bond donors (Lipinski definition) is 3. The number of methoxy groups -OCH3 is 1. The summed E-state index contributed by atoms with van der Waals surface area (Å²) < 4.78 is 5.97. The molecule has 0 saturated carbocycles. The molecule has 9 nitrogen and oxygen atoms in total. The second kappa shape index (κ2) is 8.53. The summed E-state index contributed by atoms with van der Waals surface area (Å²) in [6, 6.07) is 11.1. The lowest BCUT2D eigenvalue weighted by Crippen LogP contribution is -2.36. The summed E-state index contributed by atoms with van der Waals surface area (Å²) in [4.78, 5) is 50.9. The van der Waals surface area contributed by atoms with Gasteiger partial charge in [0.2, 0.25) is 5.91 Å². The number of anilines is 2. The van der Waals surface area contributed by atoms with Crippen molar-refractivity contribution in [2.75, 3.05) is 24.4 Å². The molecule has 29 heavy (non-hydrogen) atoms. The van der Waals surface area contributed by atoms with Crippen LogP contribution in [-0.4, -0.2) is 35.1 Å². The molecule has 9 heteroatoms. The highest BCUT2D eigenvalue weighted by Gasteiger charge is 2.12. The van der Waals surface area contributed by atoms with Gasteiger partial charge in [0, 0.05) is 31.0 Å². The van der Waals surface area contributed by atoms with Crippen LogP contribution >= 0.6 is 0 Å². The summed E-state index contributed by atoms with van der Waals surface area (Å²) in [7, 11) is 1.48. The number of H-pyrrole nitrogens is 1. The first-order valence-electron chi connectivity index (χ1n) is 8.84. The Morgan fingerprint density at radius 1 is 1.03 bits per heavy atom. The van der Waals surface area contributed by atoms with Crippen LogP contribution in [0.4, 0.5) is 11.4 Å². The van der Waals surface area contributed by atoms with Gasteiger partial charge in [0.1, 0.15) is 0 Å². The first-order chi connectivity index (χ1) is 13.9. The zero-order valence-electron chi connectivity index (χ0n) is 15.9. The lowest BCUT2D eigenvalue weighted by atomic mass is 10.1. The van der Waals surface area contributed by atoms with Crippen molar-refractivity contribution >= 4 is 34.1 Å². The van der Waals surface area contributed by atoms with Gasteiger partial charge in [-0.15, -0.1) is 0 Å². The molecule has 0 atom stereocenters. The van der Waals surface area contributed by atoms with E-state index in [0.29, 0.717) is 16.8 Å². The van der Waals surface area contributed by atoms with Gasteiger partial charge in [0.15, 0.2) is 0 Å². The Morgan fingerprint density at radius 3 is 2.31 bits per heavy atom. The number of aromatic nitrogens is 2. The summed E-state index contributed by atoms with van der Waals surface area (Å²) in [6.07, 6.45) is 0. The standard InChI is InChI=1S/C20H20N4O5/c1-12(25)21-14-4-6-15(7-5-14)22-18(26)13-3-8-16-17(11-13)23-20(28)24(19(16)27)9-10-29-2/h3-8,11H,9-10H2,1-2H3,(H,21,25)(H,22,26)(H,23,28). The molecule has 0 aliphatic rings. The molecule has 2 aromatic carbocycles. The van der Waals surface area contributed by atoms with Gasteiger partial charge in [-0.05, 0) is 42.5 Å². The van der Waals surface area contributed by atoms with Crippen LogP contribution in [0.2, 0.25) is 0 Å². The van der Waals surface area contributed by atoms with Crippen LogP contribution in [0.1, 0.15) is 17.3 Å². The molecule has 150 valence electrons. The number of nitrogens with one attached hydrogen (secondary N) is 3. The van der Waals surface area contributed by atoms with Gasteiger partial charge in [0.05, 0.1) is 24.1 Å². The third kappa shape index (κ3) is 4.58. The van der Waals surface area contributed by atoms with E-state index < -0.39 is 17.2 Å². The van der Waals surface area contributed by atoms with Gasteiger partial charge < -0.3 is 20.4 Å². The van der Waals surface area contributed by atoms with E-state index in [-0.39, 0.29) is 30.1 Å². The second-order valence-corrected chi connectivity index (χ2v) is 6.35. The highest BCUT2D eigenvalue weighted by atomic mass is 16.5. The molecular formula is C20H20N4O5. The average molecular weight is 396 g/mol. The maximum atomic E-state index is 12.5. The molecule has 0 bridgehead atoms. The third-order valence-electron chi connectivity index (χ3n) is 4.23. The second-order valence-electron chi connectivity index (χ2n) is 6.35. The summed E-state index contributed by atoms with van der Waals surface area (Å²) in [6.45, 7) is 1.78. The van der Waals surface area contributed by atoms with Gasteiger partial charge in [-0.25, -0.2) is 4.79 Å². The number of amides is 2. The minimum atomic E-state index is -0.564. The SMILES string of the molecule is COCCn1c(=O)[nH]c2cc(C(=O)Nc3ccc(NC(C)=O)cc3)ccc2c1=O. The van der Waals surface area contributed by atoms with Crippen LogP contribution in [0.15, 0.2) is 52.1 Å². The smallest absolute Gasteiger partial charge is 0.328 e. The van der Waals surface area contributed by atoms with Crippen LogP contribution in [0.3, 0.4) is 0 Å². The molecule has 0 radical (unpaired) electrons. The Labute approximate surface area is 165 Å². The minimum Gasteiger partial charge on any atom is -0.383 e. The lowest BCUT2D eigenvalue weighted by Gasteiger charge is -2.09. The average Bonchev–Trinajstić information content (AvgIpc) is 2.68. The lowest BCUT2D eigenvalue weighted by molar-refractivity contribution is -0.114. The molecule has 3 aromatic rings. The van der Waals surface area contributed by atoms with E-state index in [1.165, 1.54) is 32.2 Å². The van der Waals surface area contributed by atoms with Gasteiger partial charge in [-0.1, -0.05) is 0 Å². The molecule has 1 aromatic heterocycles. The summed E-state index contributed by atoms with van der Waals surface area (Å²) in [5, 5.41) is 5.67. The fourth-order valence-electron chi connectivity index (χ4n) is 2.82. The molecule has 3 rings (SSSR count). The van der Waals surface area contributed by atoms with Crippen LogP contribution in [-0.2, 0) is 16.1 Å². The number of hydrogen-bond acceptors (Lipinski definition) is 5. The van der Waals surface area contributed by atoms with Crippen molar-refractivity contribution < 1.29 is 14.3 Å². The maximum absolute atomic E-state index is 12.5. The fraction of sp³-hybridized carbons (Fsp3) is 0.200. The number of aromatic amines is 1. The third-order valence-corrected chi connectivity index (χ3v) is 4.23. The van der Waals surface area contributed by atoms with Crippen molar-refractivity contribution in [2.45, 2.75) is 13.5 Å². The van der Waals surface area contributed by atoms with Gasteiger partial charge >= 0.3 is 5.69 Å². The predicted octanol–water partition coefficient (Wildman–Crippen LogP) is 1.55. The number of fused-ring (bicyclic) bond motifs is 1. The molecule has 1 heterocycles. The van der Waals surface area contributed by atoms with Crippen molar-refractivity contribution in [3.05, 3.63) is 68.9 Å². The Bertz CT molecular complexity index is 1180. The number of rotatable bonds is 6. The van der Waals surface area contributed by atoms with E-state index in [1.807, 2.05) is 0 Å². The predicted molar refractivity (Wildman–Crippen MR) is 109 cm³/mol. The zero-order chi connectivity index (χ0) is 21.0. The zero-order valence-corrected chi connectivity index (χ0v) is 15.9. The van der Waals surface area contributed by atoms with Crippen molar-refractivity contribution in [3.8, 4) is 0 Å². The first kappa shape index (κ1) is 20.0. The maximum Gasteiger partial charge on any atom is 0.328 e. The Hall–Kier alpha value is -3.72. The quantitative estimate of drug-likeness (QED) is 0.583. The summed E-state index contributed by atoms with van der Waals surface area (Å²) in [5.74, 6) is -0.586. The summed E-state index contributed by atoms with van der Waals surface area (Å²) >= 11 is 0. The van der Waals surface area contributed by atoms with Gasteiger partial charge in [0.25, 0.3) is 11.5 Å². The topological polar surface area (TPSA) is 122 Å². The summed E-state index contributed by atoms with van der Waals surface area (Å²) in [5.41, 5.74) is 0.707. The van der Waals surface area contributed by atoms with Crippen LogP contribution in [0.25, 0.3) is 10.9 Å². The molecule has 3 N–H and O–H groups in total. The van der Waals surface area contributed by atoms with Crippen LogP contribution in [0.5, 0.6) is 0 Å². The molecular weight excluding hydrogens is 376 g/mol. The number of ether oxygens (including phenoxy) is 1. The van der Waals surface area contributed by atoms with Crippen LogP contribution in [0, 0.1) is 0 Å². The van der Waals surface area contributed by atoms with Gasteiger partial charge in [-0.3, -0.25) is 19.0 Å². The molecule has 0 spiro atoms. The van der Waals surface area contributed by atoms with Crippen molar-refractivity contribution in [1.82, 2.24) is 9.55 Å². The number of carbonyl (C=O) groups is 2. The molecule has 0 fully saturated rings. The molecule has 0 saturated heterocycles. The normalized spacial score (nSPS) is 10.7. The largest absolute Gasteiger partial charge is 0.383 e. The Kier molecular flexibility index (Phi) is 5.89. The van der Waals surface area contributed by atoms with Crippen LogP contribution < -0.4 is 21.9 Å². The van der Waals surface area contributed by atoms with E-state index >= 15 is 0 Å². The highest BCUT2D eigenvalue weighted by molar-refractivity contribution is 6.06. The molecule has 2 amide bonds. The number of carbonyl (C=O) groups excluding carboxylic acids is 2. The van der Waals surface area contributed by atoms with E-state index in [4.69, 9.17) is 4.74 Å². The monoisotopic (exact) mass is 396 g/mol. The van der Waals surface area contributed by atoms with Crippen molar-refractivity contribution in [2.24, 2.45) is 0 Å². The fourth-order valence-corrected chi connectivity index (χ4v) is 2.82. The van der Waals surface area contributed by atoms with E-state index in [9.17, 15) is 19.2 Å². The molecule has 0 unspecified atom stereocenters. The highest BCUT2D eigenvalue weighted by Crippen LogP contribution is 2.16. The van der Waals surface area contributed by atoms with E-state index in [2.05, 4.69) is 15.6 Å².